The second-order valence-electron chi connectivity index (χ2n) is 14.7. The van der Waals surface area contributed by atoms with E-state index in [1.165, 1.54) is 30.1 Å². The summed E-state index contributed by atoms with van der Waals surface area (Å²) in [5.74, 6) is 0.0782. The maximum atomic E-state index is 13.7. The second kappa shape index (κ2) is 19.2. The average Bonchev–Trinajstić information content (AvgIpc) is 3.26. The molecule has 3 N–H and O–H groups in total. The van der Waals surface area contributed by atoms with Gasteiger partial charge in [0.1, 0.15) is 6.04 Å². The number of hydrogen-bond acceptors (Lipinski definition) is 8. The molecular formula is C47H47N3O7S2. The minimum atomic E-state index is -3.97. The number of amides is 1. The molecule has 12 heteroatoms. The molecule has 0 spiro atoms. The fourth-order valence-corrected chi connectivity index (χ4v) is 9.29. The quantitative estimate of drug-likeness (QED) is 0.0547. The molecule has 0 radical (unpaired) electrons. The second-order valence-corrected chi connectivity index (χ2v) is 17.5. The van der Waals surface area contributed by atoms with Gasteiger partial charge in [-0.1, -0.05) is 133 Å². The molecule has 5 aromatic carbocycles. The maximum Gasteiger partial charge on any atom is 0.251 e. The van der Waals surface area contributed by atoms with Crippen LogP contribution in [0, 0.1) is 18.0 Å². The van der Waals surface area contributed by atoms with Gasteiger partial charge < -0.3 is 25.1 Å². The zero-order chi connectivity index (χ0) is 41.4. The van der Waals surface area contributed by atoms with Crippen molar-refractivity contribution in [3.63, 3.8) is 0 Å². The molecule has 6 aromatic rings. The van der Waals surface area contributed by atoms with Crippen LogP contribution in [0.25, 0.3) is 11.1 Å². The average molecular weight is 830 g/mol. The minimum absolute atomic E-state index is 0.0352. The number of sulfonamides is 1. The van der Waals surface area contributed by atoms with Crippen LogP contribution in [-0.4, -0.2) is 37.3 Å². The molecule has 1 aliphatic heterocycles. The highest BCUT2D eigenvalue weighted by Crippen LogP contribution is 2.43. The number of aryl methyl sites for hydroxylation is 1. The van der Waals surface area contributed by atoms with E-state index in [0.29, 0.717) is 10.8 Å². The van der Waals surface area contributed by atoms with Crippen LogP contribution in [0.15, 0.2) is 162 Å². The zero-order valence-corrected chi connectivity index (χ0v) is 34.4. The number of carbonyl (C=O) groups excluding carboxylic acids is 1. The summed E-state index contributed by atoms with van der Waals surface area (Å²) in [6.45, 7) is 4.12. The van der Waals surface area contributed by atoms with Gasteiger partial charge in [0.05, 0.1) is 23.7 Å². The minimum Gasteiger partial charge on any atom is -0.618 e. The Kier molecular flexibility index (Phi) is 13.6. The Morgan fingerprint density at radius 2 is 1.49 bits per heavy atom. The Morgan fingerprint density at radius 1 is 0.797 bits per heavy atom. The first-order valence-corrected chi connectivity index (χ1v) is 21.9. The van der Waals surface area contributed by atoms with Gasteiger partial charge in [0.25, 0.3) is 5.03 Å². The molecule has 1 fully saturated rings. The predicted molar refractivity (Wildman–Crippen MR) is 228 cm³/mol. The third kappa shape index (κ3) is 10.6. The fourth-order valence-electron chi connectivity index (χ4n) is 7.02. The van der Waals surface area contributed by atoms with E-state index in [4.69, 9.17) is 9.47 Å². The normalized spacial score (nSPS) is 18.6. The van der Waals surface area contributed by atoms with Gasteiger partial charge in [0, 0.05) is 35.9 Å². The van der Waals surface area contributed by atoms with E-state index in [0.717, 1.165) is 49.2 Å². The van der Waals surface area contributed by atoms with E-state index in [9.17, 15) is 23.5 Å². The molecular weight excluding hydrogens is 783 g/mol. The molecule has 0 aliphatic carbocycles. The molecule has 0 unspecified atom stereocenters. The molecule has 10 nitrogen and oxygen atoms in total. The first kappa shape index (κ1) is 41.8. The Bertz CT molecular complexity index is 2430. The first-order valence-electron chi connectivity index (χ1n) is 19.5. The summed E-state index contributed by atoms with van der Waals surface area (Å²) in [6, 6.07) is 43.7. The third-order valence-corrected chi connectivity index (χ3v) is 13.0. The van der Waals surface area contributed by atoms with Crippen molar-refractivity contribution >= 4 is 27.7 Å². The number of benzene rings is 5. The lowest BCUT2D eigenvalue weighted by Crippen LogP contribution is -2.47. The summed E-state index contributed by atoms with van der Waals surface area (Å²) in [4.78, 5) is 13.7. The Hall–Kier alpha value is -5.34. The van der Waals surface area contributed by atoms with Crippen molar-refractivity contribution in [1.29, 1.82) is 0 Å². The van der Waals surface area contributed by atoms with E-state index < -0.39 is 28.3 Å². The van der Waals surface area contributed by atoms with E-state index >= 15 is 0 Å². The number of aliphatic hydroxyl groups excluding tert-OH is 1. The number of aromatic nitrogens is 1. The summed E-state index contributed by atoms with van der Waals surface area (Å²) >= 11 is 1.45. The molecule has 2 heterocycles. The number of carbonyl (C=O) groups is 1. The smallest absolute Gasteiger partial charge is 0.251 e. The number of rotatable bonds is 15. The number of thioether (sulfide) groups is 1. The Balaban J connectivity index is 1.05. The topological polar surface area (TPSA) is 141 Å². The van der Waals surface area contributed by atoms with Crippen molar-refractivity contribution in [2.24, 2.45) is 5.92 Å². The Morgan fingerprint density at radius 3 is 2.20 bits per heavy atom. The van der Waals surface area contributed by atoms with Crippen molar-refractivity contribution in [3.05, 3.63) is 190 Å². The van der Waals surface area contributed by atoms with Crippen LogP contribution in [-0.2, 0) is 43.9 Å². The molecule has 304 valence electrons. The van der Waals surface area contributed by atoms with E-state index in [1.807, 2.05) is 116 Å². The van der Waals surface area contributed by atoms with Crippen molar-refractivity contribution in [1.82, 2.24) is 10.0 Å². The first-order chi connectivity index (χ1) is 28.6. The van der Waals surface area contributed by atoms with Gasteiger partial charge >= 0.3 is 0 Å². The summed E-state index contributed by atoms with van der Waals surface area (Å²) in [5.41, 5.74) is 7.13. The van der Waals surface area contributed by atoms with Crippen molar-refractivity contribution in [2.45, 2.75) is 67.9 Å². The molecule has 7 rings (SSSR count). The van der Waals surface area contributed by atoms with E-state index in [2.05, 4.69) is 17.0 Å². The summed E-state index contributed by atoms with van der Waals surface area (Å²) in [6.07, 6.45) is 0.470. The van der Waals surface area contributed by atoms with Gasteiger partial charge in [-0.15, -0.1) is 0 Å². The van der Waals surface area contributed by atoms with Crippen molar-refractivity contribution in [3.8, 4) is 11.1 Å². The summed E-state index contributed by atoms with van der Waals surface area (Å²) in [7, 11) is -3.97. The highest BCUT2D eigenvalue weighted by molar-refractivity contribution is 7.99. The number of aliphatic hydroxyl groups is 1. The lowest BCUT2D eigenvalue weighted by Gasteiger charge is -2.41. The number of hydrogen-bond donors (Lipinski definition) is 3. The highest BCUT2D eigenvalue weighted by atomic mass is 32.2. The molecule has 5 atom stereocenters. The lowest BCUT2D eigenvalue weighted by atomic mass is 9.91. The molecule has 1 aromatic heterocycles. The summed E-state index contributed by atoms with van der Waals surface area (Å²) < 4.78 is 43.4. The largest absolute Gasteiger partial charge is 0.618 e. The van der Waals surface area contributed by atoms with Gasteiger partial charge in [-0.05, 0) is 71.0 Å². The molecule has 0 bridgehead atoms. The van der Waals surface area contributed by atoms with Gasteiger partial charge in [0.2, 0.25) is 15.9 Å². The SMILES string of the molecule is Cc1ccc(S(=O)(=O)N[C@H](Cc2ccccc2)C(=O)NCc2cccc(-c3ccc([C@H]4O[C@@H](CSc5cccc[n+]5[O-])[C@@H](C)[C@@H](c5ccc(CO)cc5)O4)cc3)c2)cc1. The van der Waals surface area contributed by atoms with Gasteiger partial charge in [-0.2, -0.15) is 9.45 Å². The van der Waals surface area contributed by atoms with Crippen LogP contribution in [0.5, 0.6) is 0 Å². The number of nitrogens with zero attached hydrogens (tertiary/aromatic N) is 1. The zero-order valence-electron chi connectivity index (χ0n) is 32.8. The van der Waals surface area contributed by atoms with Crippen LogP contribution in [0.2, 0.25) is 0 Å². The van der Waals surface area contributed by atoms with E-state index in [-0.39, 0.29) is 42.6 Å². The van der Waals surface area contributed by atoms with Crippen LogP contribution < -0.4 is 14.8 Å². The molecule has 59 heavy (non-hydrogen) atoms. The van der Waals surface area contributed by atoms with Gasteiger partial charge in [-0.25, -0.2) is 8.42 Å². The van der Waals surface area contributed by atoms with Gasteiger partial charge in [-0.3, -0.25) is 4.79 Å². The fraction of sp³-hybridized carbons (Fsp3) is 0.234. The van der Waals surface area contributed by atoms with Gasteiger partial charge in [0.15, 0.2) is 12.5 Å². The van der Waals surface area contributed by atoms with Crippen LogP contribution in [0.4, 0.5) is 0 Å². The monoisotopic (exact) mass is 829 g/mol. The van der Waals surface area contributed by atoms with Crippen molar-refractivity contribution in [2.75, 3.05) is 5.75 Å². The van der Waals surface area contributed by atoms with Crippen molar-refractivity contribution < 1.29 is 32.5 Å². The van der Waals surface area contributed by atoms with Crippen LogP contribution in [0.3, 0.4) is 0 Å². The maximum absolute atomic E-state index is 13.7. The predicted octanol–water partition coefficient (Wildman–Crippen LogP) is 7.58. The molecule has 1 amide bonds. The number of ether oxygens (including phenoxy) is 2. The molecule has 1 saturated heterocycles. The van der Waals surface area contributed by atoms with Crippen LogP contribution in [0.1, 0.15) is 52.7 Å². The highest BCUT2D eigenvalue weighted by Gasteiger charge is 2.39. The summed E-state index contributed by atoms with van der Waals surface area (Å²) in [5, 5.41) is 25.6. The Labute approximate surface area is 349 Å². The molecule has 0 saturated carbocycles. The van der Waals surface area contributed by atoms with E-state index in [1.54, 1.807) is 24.3 Å². The van der Waals surface area contributed by atoms with Crippen LogP contribution >= 0.6 is 11.8 Å². The standard InChI is InChI=1S/C47H47N3O7S2/c1-32-14-24-41(25-15-32)59(54,55)49-42(28-34-9-4-3-5-10-34)46(52)48-29-36-11-8-12-40(27-36)37-20-22-39(23-21-37)47-56-43(31-58-44-13-6-7-26-50(44)53)33(2)45(57-47)38-18-16-35(30-51)17-19-38/h3-27,33,42-43,45,47,49,51H,28-31H2,1-2H3,(H,48,52)/t33-,42-,43+,45+,47+/m1/s1. The number of pyridine rings is 1. The molecule has 1 aliphatic rings. The third-order valence-electron chi connectivity index (χ3n) is 10.4. The lowest BCUT2D eigenvalue weighted by molar-refractivity contribution is -0.645. The number of nitrogens with one attached hydrogen (secondary N) is 2.